The standard InChI is InChI=1S/C9H10BrNO3/c10-7-3-4-8(12)11(6-7)5-1-2-9(13)14/h3-4,6H,1-2,5H2,(H,13,14). The highest BCUT2D eigenvalue weighted by Crippen LogP contribution is 2.05. The molecule has 5 heteroatoms. The quantitative estimate of drug-likeness (QED) is 0.891. The average molecular weight is 260 g/mol. The van der Waals surface area contributed by atoms with E-state index >= 15 is 0 Å². The molecular weight excluding hydrogens is 250 g/mol. The van der Waals surface area contributed by atoms with Gasteiger partial charge in [-0.25, -0.2) is 0 Å². The number of nitrogens with zero attached hydrogens (tertiary/aromatic N) is 1. The second kappa shape index (κ2) is 4.95. The van der Waals surface area contributed by atoms with Crippen LogP contribution in [0.2, 0.25) is 0 Å². The van der Waals surface area contributed by atoms with Crippen LogP contribution in [0.25, 0.3) is 0 Å². The molecule has 0 aliphatic carbocycles. The van der Waals surface area contributed by atoms with Crippen LogP contribution in [0.3, 0.4) is 0 Å². The lowest BCUT2D eigenvalue weighted by molar-refractivity contribution is -0.137. The number of hydrogen-bond donors (Lipinski definition) is 1. The SMILES string of the molecule is O=C(O)CCCn1cc(Br)ccc1=O. The van der Waals surface area contributed by atoms with Gasteiger partial charge in [-0.1, -0.05) is 0 Å². The Labute approximate surface area is 89.3 Å². The lowest BCUT2D eigenvalue weighted by atomic mass is 10.3. The molecule has 0 unspecified atom stereocenters. The first-order valence-electron chi connectivity index (χ1n) is 4.17. The van der Waals surface area contributed by atoms with Crippen LogP contribution in [0, 0.1) is 0 Å². The largest absolute Gasteiger partial charge is 0.481 e. The normalized spacial score (nSPS) is 10.1. The van der Waals surface area contributed by atoms with Crippen molar-refractivity contribution in [2.75, 3.05) is 0 Å². The highest BCUT2D eigenvalue weighted by atomic mass is 79.9. The zero-order valence-corrected chi connectivity index (χ0v) is 9.03. The first kappa shape index (κ1) is 11.0. The number of aromatic nitrogens is 1. The Kier molecular flexibility index (Phi) is 3.88. The molecular formula is C9H10BrNO3. The Balaban J connectivity index is 2.62. The number of pyridine rings is 1. The molecule has 1 heterocycles. The van der Waals surface area contributed by atoms with Crippen LogP contribution in [0.15, 0.2) is 27.6 Å². The maximum atomic E-state index is 11.2. The summed E-state index contributed by atoms with van der Waals surface area (Å²) < 4.78 is 2.31. The van der Waals surface area contributed by atoms with Crippen LogP contribution in [-0.4, -0.2) is 15.6 Å². The molecule has 0 aliphatic heterocycles. The van der Waals surface area contributed by atoms with E-state index in [1.807, 2.05) is 0 Å². The molecule has 1 aromatic rings. The highest BCUT2D eigenvalue weighted by Gasteiger charge is 1.99. The van der Waals surface area contributed by atoms with Crippen molar-refractivity contribution in [2.24, 2.45) is 0 Å². The lowest BCUT2D eigenvalue weighted by Gasteiger charge is -2.03. The third-order valence-corrected chi connectivity index (χ3v) is 2.21. The number of carboxylic acids is 1. The van der Waals surface area contributed by atoms with E-state index in [1.54, 1.807) is 12.3 Å². The second-order valence-electron chi connectivity index (χ2n) is 2.88. The second-order valence-corrected chi connectivity index (χ2v) is 3.79. The molecule has 1 aromatic heterocycles. The van der Waals surface area contributed by atoms with Gasteiger partial charge in [0.15, 0.2) is 0 Å². The molecule has 0 aromatic carbocycles. The zero-order chi connectivity index (χ0) is 10.6. The summed E-state index contributed by atoms with van der Waals surface area (Å²) in [6.45, 7) is 0.435. The van der Waals surface area contributed by atoms with Gasteiger partial charge < -0.3 is 9.67 Å². The summed E-state index contributed by atoms with van der Waals surface area (Å²) in [4.78, 5) is 21.5. The number of rotatable bonds is 4. The van der Waals surface area contributed by atoms with Crippen LogP contribution in [-0.2, 0) is 11.3 Å². The molecule has 14 heavy (non-hydrogen) atoms. The Bertz CT molecular complexity index is 386. The van der Waals surface area contributed by atoms with Gasteiger partial charge >= 0.3 is 5.97 Å². The summed E-state index contributed by atoms with van der Waals surface area (Å²) in [5.41, 5.74) is -0.112. The van der Waals surface area contributed by atoms with Gasteiger partial charge in [-0.15, -0.1) is 0 Å². The van der Waals surface area contributed by atoms with Crippen molar-refractivity contribution in [1.29, 1.82) is 0 Å². The molecule has 0 radical (unpaired) electrons. The minimum Gasteiger partial charge on any atom is -0.481 e. The monoisotopic (exact) mass is 259 g/mol. The summed E-state index contributed by atoms with van der Waals surface area (Å²) in [5.74, 6) is -0.840. The summed E-state index contributed by atoms with van der Waals surface area (Å²) in [6, 6.07) is 3.11. The van der Waals surface area contributed by atoms with Crippen molar-refractivity contribution in [1.82, 2.24) is 4.57 Å². The van der Waals surface area contributed by atoms with E-state index in [-0.39, 0.29) is 12.0 Å². The van der Waals surface area contributed by atoms with Crippen LogP contribution >= 0.6 is 15.9 Å². The van der Waals surface area contributed by atoms with Crippen molar-refractivity contribution in [2.45, 2.75) is 19.4 Å². The van der Waals surface area contributed by atoms with E-state index in [9.17, 15) is 9.59 Å². The van der Waals surface area contributed by atoms with Crippen LogP contribution in [0.4, 0.5) is 0 Å². The van der Waals surface area contributed by atoms with E-state index in [1.165, 1.54) is 10.6 Å². The minimum atomic E-state index is -0.840. The van der Waals surface area contributed by atoms with E-state index in [0.29, 0.717) is 13.0 Å². The molecule has 1 rings (SSSR count). The maximum Gasteiger partial charge on any atom is 0.303 e. The Morgan fingerprint density at radius 1 is 1.50 bits per heavy atom. The number of aliphatic carboxylic acids is 1. The topological polar surface area (TPSA) is 59.3 Å². The van der Waals surface area contributed by atoms with Crippen LogP contribution < -0.4 is 5.56 Å². The van der Waals surface area contributed by atoms with Crippen molar-refractivity contribution in [3.8, 4) is 0 Å². The molecule has 0 fully saturated rings. The predicted octanol–water partition coefficient (Wildman–Crippen LogP) is 1.48. The average Bonchev–Trinajstić information content (AvgIpc) is 2.10. The van der Waals surface area contributed by atoms with Crippen molar-refractivity contribution in [3.63, 3.8) is 0 Å². The number of halogens is 1. The molecule has 0 spiro atoms. The zero-order valence-electron chi connectivity index (χ0n) is 7.44. The van der Waals surface area contributed by atoms with E-state index in [4.69, 9.17) is 5.11 Å². The van der Waals surface area contributed by atoms with Gasteiger partial charge in [0, 0.05) is 29.7 Å². The third-order valence-electron chi connectivity index (χ3n) is 1.74. The summed E-state index contributed by atoms with van der Waals surface area (Å²) in [5, 5.41) is 8.42. The molecule has 0 saturated heterocycles. The van der Waals surface area contributed by atoms with Crippen molar-refractivity contribution < 1.29 is 9.90 Å². The number of hydrogen-bond acceptors (Lipinski definition) is 2. The van der Waals surface area contributed by atoms with Crippen molar-refractivity contribution in [3.05, 3.63) is 33.2 Å². The van der Waals surface area contributed by atoms with E-state index in [0.717, 1.165) is 4.47 Å². The summed E-state index contributed by atoms with van der Waals surface area (Å²) in [7, 11) is 0. The van der Waals surface area contributed by atoms with Crippen LogP contribution in [0.5, 0.6) is 0 Å². The van der Waals surface area contributed by atoms with Crippen LogP contribution in [0.1, 0.15) is 12.8 Å². The third kappa shape index (κ3) is 3.33. The molecule has 4 nitrogen and oxygen atoms in total. The van der Waals surface area contributed by atoms with Gasteiger partial charge in [-0.2, -0.15) is 0 Å². The molecule has 76 valence electrons. The van der Waals surface area contributed by atoms with Gasteiger partial charge in [-0.3, -0.25) is 9.59 Å². The fourth-order valence-electron chi connectivity index (χ4n) is 1.08. The Morgan fingerprint density at radius 2 is 2.21 bits per heavy atom. The predicted molar refractivity (Wildman–Crippen MR) is 55.3 cm³/mol. The molecule has 1 N–H and O–H groups in total. The Hall–Kier alpha value is -1.10. The molecule has 0 amide bonds. The maximum absolute atomic E-state index is 11.2. The fraction of sp³-hybridized carbons (Fsp3) is 0.333. The van der Waals surface area contributed by atoms with Gasteiger partial charge in [0.2, 0.25) is 0 Å². The first-order chi connectivity index (χ1) is 6.59. The van der Waals surface area contributed by atoms with Gasteiger partial charge in [0.05, 0.1) is 0 Å². The van der Waals surface area contributed by atoms with Gasteiger partial charge in [0.25, 0.3) is 5.56 Å². The highest BCUT2D eigenvalue weighted by molar-refractivity contribution is 9.10. The number of carboxylic acid groups (broad SMARTS) is 1. The summed E-state index contributed by atoms with van der Waals surface area (Å²) in [6.07, 6.45) is 2.20. The number of aryl methyl sites for hydroxylation is 1. The van der Waals surface area contributed by atoms with Gasteiger partial charge in [-0.05, 0) is 28.4 Å². The molecule has 0 bridgehead atoms. The smallest absolute Gasteiger partial charge is 0.303 e. The number of carbonyl (C=O) groups is 1. The minimum absolute atomic E-state index is 0.0823. The van der Waals surface area contributed by atoms with E-state index < -0.39 is 5.97 Å². The van der Waals surface area contributed by atoms with E-state index in [2.05, 4.69) is 15.9 Å². The van der Waals surface area contributed by atoms with Gasteiger partial charge in [0.1, 0.15) is 0 Å². The molecule has 0 saturated carbocycles. The molecule has 0 atom stereocenters. The lowest BCUT2D eigenvalue weighted by Crippen LogP contribution is -2.18. The summed E-state index contributed by atoms with van der Waals surface area (Å²) >= 11 is 3.24. The first-order valence-corrected chi connectivity index (χ1v) is 4.96. The fourth-order valence-corrected chi connectivity index (χ4v) is 1.46. The molecule has 0 aliphatic rings. The van der Waals surface area contributed by atoms with Crippen molar-refractivity contribution >= 4 is 21.9 Å². The Morgan fingerprint density at radius 3 is 2.86 bits per heavy atom.